The largest absolute Gasteiger partial charge is 0.508 e. The fourth-order valence-corrected chi connectivity index (χ4v) is 3.23. The number of carbonyl (C=O) groups excluding carboxylic acids is 1. The number of thiazole rings is 1. The van der Waals surface area contributed by atoms with Crippen LogP contribution in [0.4, 0.5) is 0 Å². The van der Waals surface area contributed by atoms with Crippen LogP contribution in [0.15, 0.2) is 18.2 Å². The van der Waals surface area contributed by atoms with E-state index in [1.807, 2.05) is 0 Å². The number of amides is 1. The van der Waals surface area contributed by atoms with Crippen molar-refractivity contribution in [3.05, 3.63) is 23.2 Å². The quantitative estimate of drug-likeness (QED) is 0.874. The lowest BCUT2D eigenvalue weighted by Crippen LogP contribution is -2.32. The fraction of sp³-hybridized carbons (Fsp3) is 0.385. The standard InChI is InChI=1S/C13H14N2O2S/c16-9-5-6-10-11(7-9)18-13(15-10)12(17)14-8-3-1-2-4-8/h5-8,16H,1-4H2,(H,14,17). The maximum Gasteiger partial charge on any atom is 0.280 e. The smallest absolute Gasteiger partial charge is 0.280 e. The summed E-state index contributed by atoms with van der Waals surface area (Å²) in [4.78, 5) is 16.3. The number of benzene rings is 1. The molecule has 0 radical (unpaired) electrons. The summed E-state index contributed by atoms with van der Waals surface area (Å²) in [6.45, 7) is 0. The summed E-state index contributed by atoms with van der Waals surface area (Å²) in [6, 6.07) is 5.26. The molecule has 18 heavy (non-hydrogen) atoms. The molecule has 1 amide bonds. The molecule has 3 rings (SSSR count). The average molecular weight is 262 g/mol. The lowest BCUT2D eigenvalue weighted by molar-refractivity contribution is 0.0937. The van der Waals surface area contributed by atoms with Gasteiger partial charge in [0.25, 0.3) is 5.91 Å². The molecule has 94 valence electrons. The molecule has 0 spiro atoms. The van der Waals surface area contributed by atoms with E-state index < -0.39 is 0 Å². The van der Waals surface area contributed by atoms with Crippen molar-refractivity contribution in [3.63, 3.8) is 0 Å². The summed E-state index contributed by atoms with van der Waals surface area (Å²) >= 11 is 1.32. The van der Waals surface area contributed by atoms with E-state index in [1.54, 1.807) is 18.2 Å². The summed E-state index contributed by atoms with van der Waals surface area (Å²) in [5.41, 5.74) is 0.759. The Bertz CT molecular complexity index is 588. The summed E-state index contributed by atoms with van der Waals surface area (Å²) < 4.78 is 0.839. The van der Waals surface area contributed by atoms with E-state index in [9.17, 15) is 9.90 Å². The number of aromatic nitrogens is 1. The first kappa shape index (κ1) is 11.5. The highest BCUT2D eigenvalue weighted by molar-refractivity contribution is 7.20. The van der Waals surface area contributed by atoms with Gasteiger partial charge in [0.1, 0.15) is 5.75 Å². The number of phenols is 1. The number of hydrogen-bond acceptors (Lipinski definition) is 4. The minimum Gasteiger partial charge on any atom is -0.508 e. The second-order valence-electron chi connectivity index (χ2n) is 4.63. The van der Waals surface area contributed by atoms with Gasteiger partial charge in [0, 0.05) is 6.04 Å². The third-order valence-electron chi connectivity index (χ3n) is 3.26. The van der Waals surface area contributed by atoms with Gasteiger partial charge in [0.2, 0.25) is 0 Å². The zero-order chi connectivity index (χ0) is 12.5. The monoisotopic (exact) mass is 262 g/mol. The van der Waals surface area contributed by atoms with Crippen molar-refractivity contribution in [3.8, 4) is 5.75 Å². The molecule has 0 unspecified atom stereocenters. The van der Waals surface area contributed by atoms with E-state index in [2.05, 4.69) is 10.3 Å². The lowest BCUT2D eigenvalue weighted by atomic mass is 10.2. The van der Waals surface area contributed by atoms with Crippen molar-refractivity contribution in [1.82, 2.24) is 10.3 Å². The molecule has 0 bridgehead atoms. The Morgan fingerprint density at radius 3 is 2.94 bits per heavy atom. The molecule has 1 saturated carbocycles. The summed E-state index contributed by atoms with van der Waals surface area (Å²) in [5, 5.41) is 12.9. The van der Waals surface area contributed by atoms with E-state index >= 15 is 0 Å². The summed E-state index contributed by atoms with van der Waals surface area (Å²) in [6.07, 6.45) is 4.52. The number of aromatic hydroxyl groups is 1. The third kappa shape index (κ3) is 2.18. The van der Waals surface area contributed by atoms with Crippen LogP contribution in [0.25, 0.3) is 10.2 Å². The zero-order valence-corrected chi connectivity index (χ0v) is 10.7. The van der Waals surface area contributed by atoms with Crippen LogP contribution in [0.5, 0.6) is 5.75 Å². The number of rotatable bonds is 2. The van der Waals surface area contributed by atoms with E-state index in [0.717, 1.165) is 23.1 Å². The molecule has 1 aliphatic rings. The van der Waals surface area contributed by atoms with Crippen LogP contribution in [0, 0.1) is 0 Å². The van der Waals surface area contributed by atoms with Gasteiger partial charge in [-0.25, -0.2) is 4.98 Å². The van der Waals surface area contributed by atoms with Crippen LogP contribution in [0.1, 0.15) is 35.5 Å². The number of nitrogens with zero attached hydrogens (tertiary/aromatic N) is 1. The number of hydrogen-bond donors (Lipinski definition) is 2. The van der Waals surface area contributed by atoms with E-state index in [4.69, 9.17) is 0 Å². The molecule has 1 aliphatic carbocycles. The molecule has 2 N–H and O–H groups in total. The van der Waals surface area contributed by atoms with Crippen molar-refractivity contribution < 1.29 is 9.90 Å². The third-order valence-corrected chi connectivity index (χ3v) is 4.27. The molecular formula is C13H14N2O2S. The predicted octanol–water partition coefficient (Wildman–Crippen LogP) is 2.67. The Hall–Kier alpha value is -1.62. The van der Waals surface area contributed by atoms with Crippen molar-refractivity contribution in [2.75, 3.05) is 0 Å². The van der Waals surface area contributed by atoms with Gasteiger partial charge in [0.15, 0.2) is 5.01 Å². The molecule has 1 heterocycles. The number of carbonyl (C=O) groups is 1. The van der Waals surface area contributed by atoms with Gasteiger partial charge in [-0.2, -0.15) is 0 Å². The Morgan fingerprint density at radius 2 is 2.17 bits per heavy atom. The Kier molecular flexibility index (Phi) is 2.91. The number of phenolic OH excluding ortho intramolecular Hbond substituents is 1. The number of nitrogens with one attached hydrogen (secondary N) is 1. The van der Waals surface area contributed by atoms with Gasteiger partial charge in [-0.15, -0.1) is 11.3 Å². The summed E-state index contributed by atoms with van der Waals surface area (Å²) in [7, 11) is 0. The minimum atomic E-state index is -0.0948. The van der Waals surface area contributed by atoms with Crippen molar-refractivity contribution in [2.24, 2.45) is 0 Å². The number of fused-ring (bicyclic) bond motifs is 1. The molecular weight excluding hydrogens is 248 g/mol. The van der Waals surface area contributed by atoms with E-state index in [1.165, 1.54) is 24.2 Å². The van der Waals surface area contributed by atoms with Gasteiger partial charge in [0.05, 0.1) is 10.2 Å². The van der Waals surface area contributed by atoms with Gasteiger partial charge < -0.3 is 10.4 Å². The molecule has 1 aromatic carbocycles. The van der Waals surface area contributed by atoms with E-state index in [0.29, 0.717) is 11.0 Å². The van der Waals surface area contributed by atoms with Crippen molar-refractivity contribution in [2.45, 2.75) is 31.7 Å². The normalized spacial score (nSPS) is 16.2. The minimum absolute atomic E-state index is 0.0948. The van der Waals surface area contributed by atoms with Gasteiger partial charge in [-0.1, -0.05) is 12.8 Å². The van der Waals surface area contributed by atoms with Crippen LogP contribution >= 0.6 is 11.3 Å². The highest BCUT2D eigenvalue weighted by Gasteiger charge is 2.20. The topological polar surface area (TPSA) is 62.2 Å². The average Bonchev–Trinajstić information content (AvgIpc) is 2.96. The van der Waals surface area contributed by atoms with Crippen LogP contribution < -0.4 is 5.32 Å². The Morgan fingerprint density at radius 1 is 1.39 bits per heavy atom. The molecule has 0 aliphatic heterocycles. The lowest BCUT2D eigenvalue weighted by Gasteiger charge is -2.09. The second-order valence-corrected chi connectivity index (χ2v) is 5.66. The molecule has 0 atom stereocenters. The highest BCUT2D eigenvalue weighted by Crippen LogP contribution is 2.26. The van der Waals surface area contributed by atoms with E-state index in [-0.39, 0.29) is 11.7 Å². The molecule has 0 saturated heterocycles. The van der Waals surface area contributed by atoms with Crippen LogP contribution in [0.3, 0.4) is 0 Å². The zero-order valence-electron chi connectivity index (χ0n) is 9.85. The maximum absolute atomic E-state index is 12.0. The van der Waals surface area contributed by atoms with Crippen LogP contribution in [0.2, 0.25) is 0 Å². The second kappa shape index (κ2) is 4.57. The van der Waals surface area contributed by atoms with Gasteiger partial charge in [-0.05, 0) is 31.0 Å². The maximum atomic E-state index is 12.0. The van der Waals surface area contributed by atoms with Crippen molar-refractivity contribution >= 4 is 27.5 Å². The van der Waals surface area contributed by atoms with Crippen molar-refractivity contribution in [1.29, 1.82) is 0 Å². The molecule has 4 nitrogen and oxygen atoms in total. The molecule has 1 aromatic heterocycles. The van der Waals surface area contributed by atoms with Crippen LogP contribution in [-0.2, 0) is 0 Å². The van der Waals surface area contributed by atoms with Gasteiger partial charge >= 0.3 is 0 Å². The molecule has 2 aromatic rings. The van der Waals surface area contributed by atoms with Crippen LogP contribution in [-0.4, -0.2) is 22.0 Å². The predicted molar refractivity (Wildman–Crippen MR) is 71.0 cm³/mol. The first-order valence-electron chi connectivity index (χ1n) is 6.13. The SMILES string of the molecule is O=C(NC1CCCC1)c1nc2ccc(O)cc2s1. The molecule has 1 fully saturated rings. The Balaban J connectivity index is 1.82. The first-order chi connectivity index (χ1) is 8.72. The fourth-order valence-electron chi connectivity index (χ4n) is 2.33. The molecule has 5 heteroatoms. The van der Waals surface area contributed by atoms with Gasteiger partial charge in [-0.3, -0.25) is 4.79 Å². The Labute approximate surface area is 109 Å². The first-order valence-corrected chi connectivity index (χ1v) is 6.94. The highest BCUT2D eigenvalue weighted by atomic mass is 32.1. The summed E-state index contributed by atoms with van der Waals surface area (Å²) in [5.74, 6) is 0.108.